The number of fused-ring (bicyclic) bond motifs is 1. The van der Waals surface area contributed by atoms with Crippen molar-refractivity contribution in [3.05, 3.63) is 29.8 Å². The summed E-state index contributed by atoms with van der Waals surface area (Å²) >= 11 is 0. The van der Waals surface area contributed by atoms with Crippen LogP contribution in [0.25, 0.3) is 0 Å². The van der Waals surface area contributed by atoms with Crippen molar-refractivity contribution in [2.45, 2.75) is 18.9 Å². The van der Waals surface area contributed by atoms with Gasteiger partial charge in [-0.25, -0.2) is 5.32 Å². The molecule has 0 fully saturated rings. The molecule has 0 bridgehead atoms. The highest BCUT2D eigenvalue weighted by Crippen LogP contribution is 2.26. The Bertz CT molecular complexity index is 314. The number of nitrogens with two attached hydrogens (primary N) is 1. The van der Waals surface area contributed by atoms with E-state index in [1.54, 1.807) is 0 Å². The number of para-hydroxylation sites is 1. The van der Waals surface area contributed by atoms with Gasteiger partial charge in [0.2, 0.25) is 0 Å². The van der Waals surface area contributed by atoms with Crippen LogP contribution in [0.2, 0.25) is 0 Å². The van der Waals surface area contributed by atoms with E-state index in [0.717, 1.165) is 31.7 Å². The third kappa shape index (κ3) is 2.70. The summed E-state index contributed by atoms with van der Waals surface area (Å²) in [7, 11) is 0. The van der Waals surface area contributed by atoms with E-state index in [0.29, 0.717) is 6.54 Å². The summed E-state index contributed by atoms with van der Waals surface area (Å²) in [5.74, 6) is 1.02. The van der Waals surface area contributed by atoms with Crippen LogP contribution in [0.4, 0.5) is 0 Å². The minimum absolute atomic E-state index is 0.242. The third-order valence-corrected chi connectivity index (χ3v) is 2.62. The first-order chi connectivity index (χ1) is 7.40. The van der Waals surface area contributed by atoms with Gasteiger partial charge in [-0.2, -0.15) is 0 Å². The van der Waals surface area contributed by atoms with E-state index in [4.69, 9.17) is 10.5 Å². The van der Waals surface area contributed by atoms with Crippen molar-refractivity contribution in [3.63, 3.8) is 0 Å². The Kier molecular flexibility index (Phi) is 3.59. The highest BCUT2D eigenvalue weighted by atomic mass is 16.5. The lowest BCUT2D eigenvalue weighted by Crippen LogP contribution is -2.32. The zero-order valence-electron chi connectivity index (χ0n) is 8.86. The molecule has 1 aromatic rings. The molecule has 15 heavy (non-hydrogen) atoms. The van der Waals surface area contributed by atoms with E-state index in [1.807, 2.05) is 12.1 Å². The Morgan fingerprint density at radius 2 is 2.27 bits per heavy atom. The third-order valence-electron chi connectivity index (χ3n) is 2.62. The van der Waals surface area contributed by atoms with Crippen molar-refractivity contribution in [1.29, 1.82) is 0 Å². The maximum atomic E-state index is 5.84. The van der Waals surface area contributed by atoms with Crippen molar-refractivity contribution in [2.75, 3.05) is 19.6 Å². The number of rotatable bonds is 4. The number of ether oxygens (including phenoxy) is 1. The van der Waals surface area contributed by atoms with Crippen LogP contribution >= 0.6 is 0 Å². The van der Waals surface area contributed by atoms with Gasteiger partial charge >= 0.3 is 0 Å². The van der Waals surface area contributed by atoms with Crippen molar-refractivity contribution >= 4 is 0 Å². The highest BCUT2D eigenvalue weighted by Gasteiger charge is 2.18. The van der Waals surface area contributed by atoms with E-state index in [-0.39, 0.29) is 6.10 Å². The molecule has 1 radical (unpaired) electrons. The van der Waals surface area contributed by atoms with Gasteiger partial charge < -0.3 is 10.5 Å². The summed E-state index contributed by atoms with van der Waals surface area (Å²) in [4.78, 5) is 0. The van der Waals surface area contributed by atoms with Crippen LogP contribution in [0.5, 0.6) is 5.75 Å². The summed E-state index contributed by atoms with van der Waals surface area (Å²) in [6.07, 6.45) is 2.40. The van der Waals surface area contributed by atoms with Crippen molar-refractivity contribution < 1.29 is 4.74 Å². The summed E-state index contributed by atoms with van der Waals surface area (Å²) in [6, 6.07) is 8.23. The quantitative estimate of drug-likeness (QED) is 0.744. The van der Waals surface area contributed by atoms with Gasteiger partial charge in [0.05, 0.1) is 6.54 Å². The fourth-order valence-electron chi connectivity index (χ4n) is 1.84. The molecule has 3 heteroatoms. The minimum atomic E-state index is 0.242. The number of aryl methyl sites for hydroxylation is 1. The largest absolute Gasteiger partial charge is 0.489 e. The fourth-order valence-corrected chi connectivity index (χ4v) is 1.84. The standard InChI is InChI=1S/C12H17N2O/c13-7-8-14-9-11-6-5-10-3-1-2-4-12(10)15-11/h1-4,11H,5-9,13H2. The molecule has 1 unspecified atom stereocenters. The summed E-state index contributed by atoms with van der Waals surface area (Å²) in [5.41, 5.74) is 6.70. The molecule has 2 rings (SSSR count). The SMILES string of the molecule is NCC[N]CC1CCc2ccccc2O1. The Balaban J connectivity index is 1.88. The van der Waals surface area contributed by atoms with Gasteiger partial charge in [-0.05, 0) is 24.5 Å². The smallest absolute Gasteiger partial charge is 0.122 e. The molecule has 0 aromatic heterocycles. The molecular formula is C12H17N2O. The Labute approximate surface area is 90.6 Å². The van der Waals surface area contributed by atoms with E-state index in [2.05, 4.69) is 17.4 Å². The number of hydrogen-bond donors (Lipinski definition) is 1. The molecule has 0 saturated heterocycles. The molecule has 0 aliphatic carbocycles. The second-order valence-corrected chi connectivity index (χ2v) is 3.80. The molecule has 0 spiro atoms. The van der Waals surface area contributed by atoms with Crippen LogP contribution in [0, 0.1) is 0 Å². The zero-order valence-corrected chi connectivity index (χ0v) is 8.86. The molecule has 81 valence electrons. The van der Waals surface area contributed by atoms with Crippen LogP contribution in [0.3, 0.4) is 0 Å². The molecule has 0 saturated carbocycles. The molecule has 1 atom stereocenters. The topological polar surface area (TPSA) is 49.4 Å². The van der Waals surface area contributed by atoms with Crippen LogP contribution in [-0.2, 0) is 6.42 Å². The second-order valence-electron chi connectivity index (χ2n) is 3.80. The maximum absolute atomic E-state index is 5.84. The Hall–Kier alpha value is -1.06. The molecule has 1 aromatic carbocycles. The van der Waals surface area contributed by atoms with Crippen molar-refractivity contribution in [2.24, 2.45) is 5.73 Å². The Morgan fingerprint density at radius 1 is 1.40 bits per heavy atom. The van der Waals surface area contributed by atoms with Gasteiger partial charge in [0.25, 0.3) is 0 Å². The zero-order chi connectivity index (χ0) is 10.5. The number of hydrogen-bond acceptors (Lipinski definition) is 2. The lowest BCUT2D eigenvalue weighted by atomic mass is 10.0. The van der Waals surface area contributed by atoms with E-state index in [1.165, 1.54) is 5.56 Å². The van der Waals surface area contributed by atoms with Crippen LogP contribution in [0.15, 0.2) is 24.3 Å². The van der Waals surface area contributed by atoms with Crippen molar-refractivity contribution in [3.8, 4) is 5.75 Å². The first-order valence-corrected chi connectivity index (χ1v) is 5.48. The molecule has 1 aliphatic heterocycles. The minimum Gasteiger partial charge on any atom is -0.489 e. The summed E-state index contributed by atoms with van der Waals surface area (Å²) in [5, 5.41) is 4.34. The van der Waals surface area contributed by atoms with Gasteiger partial charge in [0, 0.05) is 13.1 Å². The van der Waals surface area contributed by atoms with E-state index in [9.17, 15) is 0 Å². The predicted octanol–water partition coefficient (Wildman–Crippen LogP) is 0.943. The van der Waals surface area contributed by atoms with Gasteiger partial charge in [-0.3, -0.25) is 0 Å². The van der Waals surface area contributed by atoms with E-state index < -0.39 is 0 Å². The molecule has 2 N–H and O–H groups in total. The first-order valence-electron chi connectivity index (χ1n) is 5.48. The van der Waals surface area contributed by atoms with Gasteiger partial charge in [0.1, 0.15) is 11.9 Å². The average molecular weight is 205 g/mol. The highest BCUT2D eigenvalue weighted by molar-refractivity contribution is 5.35. The lowest BCUT2D eigenvalue weighted by molar-refractivity contribution is 0.170. The second kappa shape index (κ2) is 5.14. The van der Waals surface area contributed by atoms with Crippen LogP contribution in [-0.4, -0.2) is 25.7 Å². The van der Waals surface area contributed by atoms with Crippen molar-refractivity contribution in [1.82, 2.24) is 5.32 Å². The first kappa shape index (κ1) is 10.5. The van der Waals surface area contributed by atoms with Gasteiger partial charge in [-0.15, -0.1) is 0 Å². The predicted molar refractivity (Wildman–Crippen MR) is 60.1 cm³/mol. The van der Waals surface area contributed by atoms with Crippen LogP contribution < -0.4 is 15.8 Å². The fraction of sp³-hybridized carbons (Fsp3) is 0.500. The summed E-state index contributed by atoms with van der Waals surface area (Å²) < 4.78 is 5.84. The number of nitrogens with zero attached hydrogens (tertiary/aromatic N) is 1. The average Bonchev–Trinajstić information content (AvgIpc) is 2.29. The molecule has 1 heterocycles. The van der Waals surface area contributed by atoms with Crippen LogP contribution in [0.1, 0.15) is 12.0 Å². The molecule has 0 amide bonds. The van der Waals surface area contributed by atoms with Gasteiger partial charge in [0.15, 0.2) is 0 Å². The Morgan fingerprint density at radius 3 is 3.13 bits per heavy atom. The maximum Gasteiger partial charge on any atom is 0.122 e. The summed E-state index contributed by atoms with van der Waals surface area (Å²) in [6.45, 7) is 2.14. The van der Waals surface area contributed by atoms with Gasteiger partial charge in [-0.1, -0.05) is 18.2 Å². The van der Waals surface area contributed by atoms with E-state index >= 15 is 0 Å². The lowest BCUT2D eigenvalue weighted by Gasteiger charge is -2.25. The molecule has 1 aliphatic rings. The monoisotopic (exact) mass is 205 g/mol. The normalized spacial score (nSPS) is 19.4. The molecule has 3 nitrogen and oxygen atoms in total. The molecular weight excluding hydrogens is 188 g/mol. The number of benzene rings is 1.